The Balaban J connectivity index is 0.000000301. The minimum atomic E-state index is -3.50. The molecular weight excluding hydrogens is 1230 g/mol. The fourth-order valence-electron chi connectivity index (χ4n) is 9.92. The second kappa shape index (κ2) is 41.1. The molecule has 1 aliphatic rings. The average Bonchev–Trinajstić information content (AvgIpc) is 1.60. The van der Waals surface area contributed by atoms with Crippen LogP contribution in [0.4, 0.5) is 0 Å². The molecule has 0 amide bonds. The van der Waals surface area contributed by atoms with Crippen molar-refractivity contribution in [3.63, 3.8) is 0 Å². The predicted octanol–water partition coefficient (Wildman–Crippen LogP) is 21.4. The number of sulfone groups is 1. The standard InChI is InChI=1S/C17H20O2.C15H14.C14H14O4S.C14H14O2.C14H22.C6H6.2C2H6O.C2H6/c1-17(2,13-5-9-15(18-3)10-6-13)14-7-11-16(19-4)12-8-14;1-15(2)13-9-5-3-7-11(13)12-8-4-6-10-14(12)15;1-17-11-3-7-13(8-4-11)19(15,16)14-9-5-12(18-2)6-10-14;1-15-13-7-3-11(4-8-13)12-5-9-14(16-2)10-6-12;1-13(2,3)11-7-9-12(10-8-11)14(4,5)6;1-2-4-6-5-3-1;2*1-3-2;1-2/h5-12H,1-4H3;3-10H,1-2H3;3-10H,1-2H3;3-10H,1-2H3;7-10H,1-6H3;1-6H;2*1-2H3;1-2H3. The first kappa shape index (κ1) is 82.1. The molecule has 0 fully saturated rings. The summed E-state index contributed by atoms with van der Waals surface area (Å²) in [4.78, 5) is 0.469. The van der Waals surface area contributed by atoms with E-state index in [1.165, 1.54) is 94.1 Å². The van der Waals surface area contributed by atoms with Crippen LogP contribution in [0.15, 0.2) is 265 Å². The first-order chi connectivity index (χ1) is 46.2. The van der Waals surface area contributed by atoms with E-state index in [4.69, 9.17) is 28.4 Å². The van der Waals surface area contributed by atoms with E-state index in [1.807, 2.05) is 123 Å². The summed E-state index contributed by atoms with van der Waals surface area (Å²) >= 11 is 0. The summed E-state index contributed by atoms with van der Waals surface area (Å²) in [6, 6.07) is 83.5. The van der Waals surface area contributed by atoms with Crippen LogP contribution in [0, 0.1) is 0 Å². The van der Waals surface area contributed by atoms with Crippen LogP contribution in [0.2, 0.25) is 0 Å². The van der Waals surface area contributed by atoms with Crippen LogP contribution in [0.1, 0.15) is 116 Å². The largest absolute Gasteiger partial charge is 0.497 e. The molecule has 1 aliphatic carbocycles. The number of ether oxygens (including phenoxy) is 8. The van der Waals surface area contributed by atoms with E-state index in [0.29, 0.717) is 11.5 Å². The van der Waals surface area contributed by atoms with Crippen LogP contribution in [0.25, 0.3) is 22.3 Å². The van der Waals surface area contributed by atoms with Crippen LogP contribution in [-0.2, 0) is 41.0 Å². The monoisotopic (exact) mass is 1330 g/mol. The molecule has 10 nitrogen and oxygen atoms in total. The Hall–Kier alpha value is -9.13. The first-order valence-electron chi connectivity index (χ1n) is 32.5. The maximum atomic E-state index is 12.4. The number of methoxy groups -OCH3 is 8. The first-order valence-corrected chi connectivity index (χ1v) is 33.9. The van der Waals surface area contributed by atoms with E-state index in [2.05, 4.69) is 176 Å². The molecule has 0 bridgehead atoms. The number of rotatable bonds is 11. The van der Waals surface area contributed by atoms with Crippen molar-refractivity contribution in [1.29, 1.82) is 0 Å². The summed E-state index contributed by atoms with van der Waals surface area (Å²) in [5.74, 6) is 4.75. The molecule has 10 aromatic carbocycles. The molecule has 0 aromatic heterocycles. The smallest absolute Gasteiger partial charge is 0.206 e. The summed E-state index contributed by atoms with van der Waals surface area (Å²) in [7, 11) is 12.8. The SMILES string of the molecule is CC.CC(C)(C)c1ccc(C(C)(C)C)cc1.CC1(C)c2ccccc2-c2ccccc21.COC.COC.COc1ccc(-c2ccc(OC)cc2)cc1.COc1ccc(C(C)(C)c2ccc(OC)cc2)cc1.COc1ccc(S(=O)(=O)c2ccc(OC)cc2)cc1.c1ccccc1. The fraction of sp³-hybridized carbons (Fsp3) is 0.302. The highest BCUT2D eigenvalue weighted by Crippen LogP contribution is 2.48. The zero-order chi connectivity index (χ0) is 72.2. The Morgan fingerprint density at radius 2 is 0.485 bits per heavy atom. The van der Waals surface area contributed by atoms with Crippen LogP contribution in [-0.4, -0.2) is 79.5 Å². The quantitative estimate of drug-likeness (QED) is 0.124. The Bertz CT molecular complexity index is 3590. The number of fused-ring (bicyclic) bond motifs is 3. The molecule has 97 heavy (non-hydrogen) atoms. The molecular formula is C86H108O10S. The van der Waals surface area contributed by atoms with Crippen LogP contribution in [0.5, 0.6) is 34.5 Å². The maximum absolute atomic E-state index is 12.4. The van der Waals surface area contributed by atoms with Gasteiger partial charge >= 0.3 is 0 Å². The topological polar surface area (TPSA) is 108 Å². The van der Waals surface area contributed by atoms with Gasteiger partial charge in [-0.25, -0.2) is 8.42 Å². The Morgan fingerprint density at radius 1 is 0.278 bits per heavy atom. The van der Waals surface area contributed by atoms with E-state index in [0.717, 1.165) is 23.0 Å². The fourth-order valence-corrected chi connectivity index (χ4v) is 11.2. The predicted molar refractivity (Wildman–Crippen MR) is 406 cm³/mol. The Labute approximate surface area is 583 Å². The number of hydrogen-bond acceptors (Lipinski definition) is 10. The molecule has 0 atom stereocenters. The van der Waals surface area contributed by atoms with Gasteiger partial charge < -0.3 is 37.9 Å². The van der Waals surface area contributed by atoms with E-state index >= 15 is 0 Å². The average molecular weight is 1330 g/mol. The molecule has 11 heteroatoms. The highest BCUT2D eigenvalue weighted by molar-refractivity contribution is 7.91. The molecule has 0 radical (unpaired) electrons. The van der Waals surface area contributed by atoms with Crippen molar-refractivity contribution in [3.8, 4) is 56.8 Å². The van der Waals surface area contributed by atoms with Gasteiger partial charge in [-0.1, -0.05) is 241 Å². The lowest BCUT2D eigenvalue weighted by Crippen LogP contribution is -2.18. The Morgan fingerprint density at radius 3 is 0.711 bits per heavy atom. The summed E-state index contributed by atoms with van der Waals surface area (Å²) < 4.78 is 63.9. The van der Waals surface area contributed by atoms with Gasteiger partial charge in [0.25, 0.3) is 0 Å². The molecule has 10 aromatic rings. The van der Waals surface area contributed by atoms with Crippen molar-refractivity contribution < 1.29 is 46.3 Å². The van der Waals surface area contributed by atoms with E-state index in [1.54, 1.807) is 81.1 Å². The lowest BCUT2D eigenvalue weighted by Gasteiger charge is -2.26. The van der Waals surface area contributed by atoms with Crippen molar-refractivity contribution >= 4 is 9.84 Å². The highest BCUT2D eigenvalue weighted by atomic mass is 32.2. The van der Waals surface area contributed by atoms with Gasteiger partial charge in [-0.05, 0) is 164 Å². The van der Waals surface area contributed by atoms with Gasteiger partial charge in [0.2, 0.25) is 9.84 Å². The minimum absolute atomic E-state index is 0.0431. The minimum Gasteiger partial charge on any atom is -0.497 e. The van der Waals surface area contributed by atoms with Gasteiger partial charge in [-0.2, -0.15) is 0 Å². The molecule has 0 heterocycles. The molecule has 0 saturated heterocycles. The Kier molecular flexibility index (Phi) is 34.8. The normalized spacial score (nSPS) is 11.2. The summed E-state index contributed by atoms with van der Waals surface area (Å²) in [6.45, 7) is 26.5. The van der Waals surface area contributed by atoms with Gasteiger partial charge in [-0.3, -0.25) is 0 Å². The van der Waals surface area contributed by atoms with Gasteiger partial charge in [-0.15, -0.1) is 0 Å². The van der Waals surface area contributed by atoms with Gasteiger partial charge in [0, 0.05) is 39.3 Å². The van der Waals surface area contributed by atoms with Crippen LogP contribution < -0.4 is 28.4 Å². The molecule has 0 spiro atoms. The zero-order valence-corrected chi connectivity index (χ0v) is 62.6. The summed E-state index contributed by atoms with van der Waals surface area (Å²) in [5, 5.41) is 0. The molecule has 518 valence electrons. The third-order valence-corrected chi connectivity index (χ3v) is 17.4. The lowest BCUT2D eigenvalue weighted by molar-refractivity contribution is 0.277. The molecule has 0 saturated carbocycles. The van der Waals surface area contributed by atoms with Gasteiger partial charge in [0.15, 0.2) is 0 Å². The molecule has 11 rings (SSSR count). The third-order valence-electron chi connectivity index (χ3n) is 15.7. The van der Waals surface area contributed by atoms with Gasteiger partial charge in [0.1, 0.15) is 34.5 Å². The molecule has 0 aliphatic heterocycles. The molecule has 0 N–H and O–H groups in total. The summed E-state index contributed by atoms with van der Waals surface area (Å²) in [5.41, 5.74) is 14.0. The van der Waals surface area contributed by atoms with Gasteiger partial charge in [0.05, 0.1) is 52.4 Å². The van der Waals surface area contributed by atoms with Crippen molar-refractivity contribution in [2.24, 2.45) is 0 Å². The van der Waals surface area contributed by atoms with E-state index < -0.39 is 9.84 Å². The number of benzene rings is 10. The van der Waals surface area contributed by atoms with Crippen molar-refractivity contribution in [2.75, 3.05) is 71.1 Å². The van der Waals surface area contributed by atoms with Crippen molar-refractivity contribution in [2.45, 2.75) is 115 Å². The second-order valence-electron chi connectivity index (χ2n) is 25.2. The third kappa shape index (κ3) is 25.4. The summed E-state index contributed by atoms with van der Waals surface area (Å²) in [6.07, 6.45) is 0. The van der Waals surface area contributed by atoms with E-state index in [-0.39, 0.29) is 31.5 Å². The maximum Gasteiger partial charge on any atom is 0.206 e. The lowest BCUT2D eigenvalue weighted by atomic mass is 9.78. The number of hydrogen-bond donors (Lipinski definition) is 0. The van der Waals surface area contributed by atoms with Crippen LogP contribution >= 0.6 is 0 Å². The van der Waals surface area contributed by atoms with Crippen molar-refractivity contribution in [1.82, 2.24) is 0 Å². The molecule has 0 unspecified atom stereocenters. The van der Waals surface area contributed by atoms with E-state index in [9.17, 15) is 8.42 Å². The van der Waals surface area contributed by atoms with Crippen LogP contribution in [0.3, 0.4) is 0 Å². The van der Waals surface area contributed by atoms with Crippen molar-refractivity contribution in [3.05, 3.63) is 288 Å². The zero-order valence-electron chi connectivity index (χ0n) is 61.7. The highest BCUT2D eigenvalue weighted by Gasteiger charge is 2.34. The second-order valence-corrected chi connectivity index (χ2v) is 27.1.